The Bertz CT molecular complexity index is 210. The average Bonchev–Trinajstić information content (AvgIpc) is 2.28. The molecule has 0 aromatic heterocycles. The van der Waals surface area contributed by atoms with Crippen molar-refractivity contribution in [2.24, 2.45) is 0 Å². The van der Waals surface area contributed by atoms with E-state index in [9.17, 15) is 0 Å². The van der Waals surface area contributed by atoms with Gasteiger partial charge in [-0.25, -0.2) is 0 Å². The van der Waals surface area contributed by atoms with Gasteiger partial charge in [0.05, 0.1) is 0 Å². The fourth-order valence-electron chi connectivity index (χ4n) is 1.88. The third-order valence-corrected chi connectivity index (χ3v) is 3.45. The number of nitrogens with zero attached hydrogens (tertiary/aromatic N) is 3. The van der Waals surface area contributed by atoms with Crippen LogP contribution in [0.1, 0.15) is 0 Å². The summed E-state index contributed by atoms with van der Waals surface area (Å²) >= 11 is 4.25. The van der Waals surface area contributed by atoms with E-state index in [-0.39, 0.29) is 0 Å². The Kier molecular flexibility index (Phi) is 6.43. The van der Waals surface area contributed by atoms with Gasteiger partial charge in [-0.2, -0.15) is 12.6 Å². The van der Waals surface area contributed by atoms with Gasteiger partial charge < -0.3 is 4.90 Å². The molecule has 0 N–H and O–H groups in total. The van der Waals surface area contributed by atoms with Crippen LogP contribution in [-0.4, -0.2) is 80.4 Å². The van der Waals surface area contributed by atoms with Gasteiger partial charge in [0.25, 0.3) is 0 Å². The SMILES string of the molecule is C=C(CS)CN1CCN(CCN(C)C)CC1. The Balaban J connectivity index is 2.16. The van der Waals surface area contributed by atoms with Gasteiger partial charge in [0.15, 0.2) is 0 Å². The zero-order valence-corrected chi connectivity index (χ0v) is 11.5. The highest BCUT2D eigenvalue weighted by Crippen LogP contribution is 2.05. The monoisotopic (exact) mass is 243 g/mol. The minimum atomic E-state index is 0.806. The number of thiol groups is 1. The highest BCUT2D eigenvalue weighted by molar-refractivity contribution is 7.80. The molecule has 1 aliphatic heterocycles. The first-order chi connectivity index (χ1) is 7.61. The van der Waals surface area contributed by atoms with Crippen molar-refractivity contribution >= 4 is 12.6 Å². The summed E-state index contributed by atoms with van der Waals surface area (Å²) < 4.78 is 0. The molecule has 0 radical (unpaired) electrons. The predicted molar refractivity (Wildman–Crippen MR) is 74.4 cm³/mol. The molecule has 0 unspecified atom stereocenters. The van der Waals surface area contributed by atoms with Crippen LogP contribution >= 0.6 is 12.6 Å². The van der Waals surface area contributed by atoms with Gasteiger partial charge in [-0.15, -0.1) is 0 Å². The lowest BCUT2D eigenvalue weighted by Crippen LogP contribution is -2.48. The number of rotatable bonds is 6. The van der Waals surface area contributed by atoms with Crippen LogP contribution in [0.5, 0.6) is 0 Å². The van der Waals surface area contributed by atoms with Gasteiger partial charge in [0.1, 0.15) is 0 Å². The minimum Gasteiger partial charge on any atom is -0.308 e. The highest BCUT2D eigenvalue weighted by atomic mass is 32.1. The Morgan fingerprint density at radius 2 is 1.75 bits per heavy atom. The van der Waals surface area contributed by atoms with Crippen LogP contribution in [0, 0.1) is 0 Å². The molecule has 1 saturated heterocycles. The van der Waals surface area contributed by atoms with Crippen LogP contribution in [0.2, 0.25) is 0 Å². The van der Waals surface area contributed by atoms with Gasteiger partial charge in [0, 0.05) is 51.6 Å². The van der Waals surface area contributed by atoms with Gasteiger partial charge >= 0.3 is 0 Å². The van der Waals surface area contributed by atoms with Gasteiger partial charge in [-0.05, 0) is 14.1 Å². The number of piperazine rings is 1. The topological polar surface area (TPSA) is 9.72 Å². The molecule has 4 heteroatoms. The van der Waals surface area contributed by atoms with Crippen molar-refractivity contribution in [2.45, 2.75) is 0 Å². The molecule has 0 spiro atoms. The van der Waals surface area contributed by atoms with Gasteiger partial charge in [0.2, 0.25) is 0 Å². The molecule has 0 amide bonds. The second-order valence-corrected chi connectivity index (χ2v) is 5.15. The van der Waals surface area contributed by atoms with E-state index >= 15 is 0 Å². The molecule has 1 fully saturated rings. The fraction of sp³-hybridized carbons (Fsp3) is 0.833. The number of hydrogen-bond acceptors (Lipinski definition) is 4. The van der Waals surface area contributed by atoms with Crippen molar-refractivity contribution in [1.29, 1.82) is 0 Å². The molecule has 94 valence electrons. The maximum atomic E-state index is 4.25. The number of likely N-dealkylation sites (N-methyl/N-ethyl adjacent to an activating group) is 1. The maximum absolute atomic E-state index is 4.25. The molecule has 0 bridgehead atoms. The first kappa shape index (κ1) is 14.0. The molecule has 3 nitrogen and oxygen atoms in total. The second-order valence-electron chi connectivity index (χ2n) is 4.83. The Labute approximate surface area is 105 Å². The van der Waals surface area contributed by atoms with Gasteiger partial charge in [-0.1, -0.05) is 12.2 Å². The molecule has 1 rings (SSSR count). The first-order valence-electron chi connectivity index (χ1n) is 5.98. The van der Waals surface area contributed by atoms with E-state index in [1.54, 1.807) is 0 Å². The molecule has 0 aromatic rings. The smallest absolute Gasteiger partial charge is 0.0199 e. The Hall–Kier alpha value is -0.0300. The molecule has 0 aliphatic carbocycles. The van der Waals surface area contributed by atoms with E-state index < -0.39 is 0 Å². The zero-order chi connectivity index (χ0) is 12.0. The second kappa shape index (κ2) is 7.33. The fourth-order valence-corrected chi connectivity index (χ4v) is 1.98. The molecule has 0 aromatic carbocycles. The Morgan fingerprint density at radius 3 is 2.25 bits per heavy atom. The van der Waals surface area contributed by atoms with Crippen LogP contribution in [0.4, 0.5) is 0 Å². The zero-order valence-electron chi connectivity index (χ0n) is 10.7. The molecule has 1 heterocycles. The van der Waals surface area contributed by atoms with Gasteiger partial charge in [-0.3, -0.25) is 9.80 Å². The summed E-state index contributed by atoms with van der Waals surface area (Å²) in [5, 5.41) is 0. The van der Waals surface area contributed by atoms with Crippen LogP contribution in [0.3, 0.4) is 0 Å². The summed E-state index contributed by atoms with van der Waals surface area (Å²) in [4.78, 5) is 7.26. The predicted octanol–water partition coefficient (Wildman–Crippen LogP) is 0.652. The molecule has 1 aliphatic rings. The largest absolute Gasteiger partial charge is 0.308 e. The van der Waals surface area contributed by atoms with Crippen LogP contribution in [0.15, 0.2) is 12.2 Å². The highest BCUT2D eigenvalue weighted by Gasteiger charge is 2.16. The van der Waals surface area contributed by atoms with Crippen LogP contribution in [-0.2, 0) is 0 Å². The van der Waals surface area contributed by atoms with E-state index in [0.29, 0.717) is 0 Å². The third-order valence-electron chi connectivity index (χ3n) is 3.00. The van der Waals surface area contributed by atoms with Crippen molar-refractivity contribution in [2.75, 3.05) is 65.7 Å². The van der Waals surface area contributed by atoms with Crippen molar-refractivity contribution in [3.8, 4) is 0 Å². The molecule has 16 heavy (non-hydrogen) atoms. The lowest BCUT2D eigenvalue weighted by atomic mass is 10.2. The first-order valence-corrected chi connectivity index (χ1v) is 6.62. The third kappa shape index (κ3) is 5.34. The summed E-state index contributed by atoms with van der Waals surface area (Å²) in [5.41, 5.74) is 1.23. The summed E-state index contributed by atoms with van der Waals surface area (Å²) in [5.74, 6) is 0.806. The van der Waals surface area contributed by atoms with E-state index in [2.05, 4.69) is 48.0 Å². The van der Waals surface area contributed by atoms with Crippen molar-refractivity contribution in [3.63, 3.8) is 0 Å². The van der Waals surface area contributed by atoms with E-state index in [1.165, 1.54) is 38.3 Å². The minimum absolute atomic E-state index is 0.806. The van der Waals surface area contributed by atoms with E-state index in [0.717, 1.165) is 18.8 Å². The van der Waals surface area contributed by atoms with Crippen molar-refractivity contribution in [1.82, 2.24) is 14.7 Å². The molecular formula is C12H25N3S. The van der Waals surface area contributed by atoms with Crippen LogP contribution < -0.4 is 0 Å². The number of hydrogen-bond donors (Lipinski definition) is 1. The Morgan fingerprint density at radius 1 is 1.19 bits per heavy atom. The van der Waals surface area contributed by atoms with E-state index in [4.69, 9.17) is 0 Å². The normalized spacial score (nSPS) is 19.2. The summed E-state index contributed by atoms with van der Waals surface area (Å²) in [7, 11) is 4.26. The quantitative estimate of drug-likeness (QED) is 0.542. The van der Waals surface area contributed by atoms with Crippen molar-refractivity contribution < 1.29 is 0 Å². The lowest BCUT2D eigenvalue weighted by molar-refractivity contribution is 0.133. The lowest BCUT2D eigenvalue weighted by Gasteiger charge is -2.35. The standard InChI is InChI=1S/C12H25N3S/c1-12(11-16)10-15-8-6-14(7-9-15)5-4-13(2)3/h16H,1,4-11H2,2-3H3. The van der Waals surface area contributed by atoms with Crippen molar-refractivity contribution in [3.05, 3.63) is 12.2 Å². The molecule has 0 atom stereocenters. The molecule has 0 saturated carbocycles. The van der Waals surface area contributed by atoms with Crippen LogP contribution in [0.25, 0.3) is 0 Å². The summed E-state index contributed by atoms with van der Waals surface area (Å²) in [6.45, 7) is 12.1. The average molecular weight is 243 g/mol. The summed E-state index contributed by atoms with van der Waals surface area (Å²) in [6.07, 6.45) is 0. The van der Waals surface area contributed by atoms with E-state index in [1.807, 2.05) is 0 Å². The molecular weight excluding hydrogens is 218 g/mol. The maximum Gasteiger partial charge on any atom is 0.0199 e. The summed E-state index contributed by atoms with van der Waals surface area (Å²) in [6, 6.07) is 0.